The van der Waals surface area contributed by atoms with Crippen molar-refractivity contribution in [2.24, 2.45) is 0 Å². The van der Waals surface area contributed by atoms with Gasteiger partial charge in [-0.25, -0.2) is 0 Å². The Balaban J connectivity index is 2.32. The second-order valence-corrected chi connectivity index (χ2v) is 3.97. The van der Waals surface area contributed by atoms with E-state index in [1.165, 1.54) is 4.90 Å². The molecule has 0 aromatic heterocycles. The second kappa shape index (κ2) is 4.14. The van der Waals surface area contributed by atoms with Gasteiger partial charge < -0.3 is 0 Å². The molecule has 1 aromatic carbocycles. The molecule has 0 radical (unpaired) electrons. The molecule has 1 aliphatic heterocycles. The predicted molar refractivity (Wildman–Crippen MR) is 64.8 cm³/mol. The highest BCUT2D eigenvalue weighted by Gasteiger charge is 2.34. The van der Waals surface area contributed by atoms with Crippen LogP contribution >= 0.6 is 12.6 Å². The van der Waals surface area contributed by atoms with Gasteiger partial charge in [0, 0.05) is 5.75 Å². The van der Waals surface area contributed by atoms with Crippen LogP contribution < -0.4 is 0 Å². The van der Waals surface area contributed by atoms with Crippen molar-refractivity contribution in [3.8, 4) is 0 Å². The molecule has 3 nitrogen and oxygen atoms in total. The first kappa shape index (κ1) is 11.0. The van der Waals surface area contributed by atoms with Crippen LogP contribution in [-0.4, -0.2) is 29.0 Å². The van der Waals surface area contributed by atoms with Crippen LogP contribution in [0.4, 0.5) is 0 Å². The summed E-state index contributed by atoms with van der Waals surface area (Å²) in [6.07, 6.45) is 0. The second-order valence-electron chi connectivity index (χ2n) is 3.65. The normalized spacial score (nSPS) is 14.2. The number of amides is 2. The molecule has 0 fully saturated rings. The van der Waals surface area contributed by atoms with E-state index in [-0.39, 0.29) is 18.4 Å². The first-order valence-electron chi connectivity index (χ1n) is 4.88. The van der Waals surface area contributed by atoms with Crippen LogP contribution in [0, 0.1) is 0 Å². The van der Waals surface area contributed by atoms with Gasteiger partial charge in [-0.15, -0.1) is 0 Å². The fourth-order valence-electron chi connectivity index (χ4n) is 1.66. The lowest BCUT2D eigenvalue weighted by Crippen LogP contribution is -2.31. The average Bonchev–Trinajstić information content (AvgIpc) is 2.55. The van der Waals surface area contributed by atoms with Gasteiger partial charge in [0.1, 0.15) is 0 Å². The fourth-order valence-corrected chi connectivity index (χ4v) is 1.76. The molecule has 0 aliphatic carbocycles. The van der Waals surface area contributed by atoms with Gasteiger partial charge in [0.05, 0.1) is 17.7 Å². The first-order valence-corrected chi connectivity index (χ1v) is 5.51. The summed E-state index contributed by atoms with van der Waals surface area (Å²) in [4.78, 5) is 25.0. The number of carbonyl (C=O) groups is 2. The van der Waals surface area contributed by atoms with E-state index in [9.17, 15) is 9.59 Å². The van der Waals surface area contributed by atoms with Gasteiger partial charge in [-0.2, -0.15) is 12.6 Å². The van der Waals surface area contributed by atoms with E-state index in [1.807, 2.05) is 0 Å². The van der Waals surface area contributed by atoms with E-state index < -0.39 is 0 Å². The summed E-state index contributed by atoms with van der Waals surface area (Å²) in [5.74, 6) is -0.0278. The number of thiol groups is 1. The Morgan fingerprint density at radius 3 is 2.12 bits per heavy atom. The van der Waals surface area contributed by atoms with Gasteiger partial charge in [-0.05, 0) is 17.7 Å². The molecule has 1 aromatic rings. The molecule has 82 valence electrons. The van der Waals surface area contributed by atoms with E-state index in [4.69, 9.17) is 0 Å². The maximum Gasteiger partial charge on any atom is 0.261 e. The monoisotopic (exact) mass is 233 g/mol. The Hall–Kier alpha value is -1.55. The minimum absolute atomic E-state index is 0.246. The largest absolute Gasteiger partial charge is 0.270 e. The molecule has 0 bridgehead atoms. The van der Waals surface area contributed by atoms with Crippen molar-refractivity contribution in [1.29, 1.82) is 0 Å². The predicted octanol–water partition coefficient (Wildman–Crippen LogP) is 1.77. The van der Waals surface area contributed by atoms with Crippen LogP contribution in [0.15, 0.2) is 36.4 Å². The molecule has 4 heteroatoms. The summed E-state index contributed by atoms with van der Waals surface area (Å²) in [6.45, 7) is 3.99. The van der Waals surface area contributed by atoms with Crippen molar-refractivity contribution < 1.29 is 9.59 Å². The quantitative estimate of drug-likeness (QED) is 0.491. The molecule has 2 rings (SSSR count). The van der Waals surface area contributed by atoms with Gasteiger partial charge in [-0.1, -0.05) is 18.7 Å². The van der Waals surface area contributed by atoms with Gasteiger partial charge >= 0.3 is 0 Å². The number of imide groups is 1. The zero-order valence-corrected chi connectivity index (χ0v) is 9.54. The third kappa shape index (κ3) is 1.65. The van der Waals surface area contributed by atoms with E-state index >= 15 is 0 Å². The number of carbonyl (C=O) groups excluding carboxylic acids is 2. The summed E-state index contributed by atoms with van der Waals surface area (Å²) in [5, 5.41) is 0. The molecular weight excluding hydrogens is 222 g/mol. The van der Waals surface area contributed by atoms with Gasteiger partial charge in [0.25, 0.3) is 11.8 Å². The minimum atomic E-state index is -0.247. The van der Waals surface area contributed by atoms with Crippen molar-refractivity contribution in [3.05, 3.63) is 47.5 Å². The Labute approximate surface area is 99.2 Å². The lowest BCUT2D eigenvalue weighted by Gasteiger charge is -2.14. The Morgan fingerprint density at radius 2 is 1.69 bits per heavy atom. The molecule has 0 unspecified atom stereocenters. The van der Waals surface area contributed by atoms with E-state index in [1.54, 1.807) is 24.3 Å². The lowest BCUT2D eigenvalue weighted by atomic mass is 10.1. The number of hydrogen-bond acceptors (Lipinski definition) is 3. The summed E-state index contributed by atoms with van der Waals surface area (Å²) in [6, 6.07) is 6.83. The maximum atomic E-state index is 11.9. The molecule has 0 spiro atoms. The highest BCUT2D eigenvalue weighted by atomic mass is 32.1. The zero-order chi connectivity index (χ0) is 11.7. The molecule has 0 saturated carbocycles. The number of benzene rings is 1. The van der Waals surface area contributed by atoms with Crippen LogP contribution in [-0.2, 0) is 0 Å². The third-order valence-electron chi connectivity index (χ3n) is 2.48. The standard InChI is InChI=1S/C12H11NO2S/c1-8(7-16)6-13-11(14)9-4-2-3-5-10(9)12(13)15/h2-5,16H,1,6-7H2. The van der Waals surface area contributed by atoms with Crippen LogP contribution in [0.25, 0.3) is 0 Å². The molecular formula is C12H11NO2S. The molecule has 0 saturated heterocycles. The average molecular weight is 233 g/mol. The van der Waals surface area contributed by atoms with Gasteiger partial charge in [0.15, 0.2) is 0 Å². The van der Waals surface area contributed by atoms with Crippen molar-refractivity contribution >= 4 is 24.4 Å². The van der Waals surface area contributed by atoms with Crippen molar-refractivity contribution in [2.75, 3.05) is 12.3 Å². The summed E-state index contributed by atoms with van der Waals surface area (Å²) < 4.78 is 0. The van der Waals surface area contributed by atoms with E-state index in [0.717, 1.165) is 5.57 Å². The Bertz CT molecular complexity index is 447. The third-order valence-corrected chi connectivity index (χ3v) is 2.93. The van der Waals surface area contributed by atoms with Crippen molar-refractivity contribution in [2.45, 2.75) is 0 Å². The molecule has 16 heavy (non-hydrogen) atoms. The Kier molecular flexibility index (Phi) is 2.83. The molecule has 1 aliphatic rings. The summed E-state index contributed by atoms with van der Waals surface area (Å²) in [7, 11) is 0. The lowest BCUT2D eigenvalue weighted by molar-refractivity contribution is 0.0668. The molecule has 2 amide bonds. The first-order chi connectivity index (χ1) is 7.65. The number of hydrogen-bond donors (Lipinski definition) is 1. The smallest absolute Gasteiger partial charge is 0.261 e. The Morgan fingerprint density at radius 1 is 1.19 bits per heavy atom. The van der Waals surface area contributed by atoms with Crippen LogP contribution in [0.3, 0.4) is 0 Å². The summed E-state index contributed by atoms with van der Waals surface area (Å²) >= 11 is 4.06. The number of rotatable bonds is 3. The van der Waals surface area contributed by atoms with Crippen molar-refractivity contribution in [3.63, 3.8) is 0 Å². The van der Waals surface area contributed by atoms with E-state index in [2.05, 4.69) is 19.2 Å². The fraction of sp³-hybridized carbons (Fsp3) is 0.167. The topological polar surface area (TPSA) is 37.4 Å². The van der Waals surface area contributed by atoms with Gasteiger partial charge in [-0.3, -0.25) is 14.5 Å². The SMILES string of the molecule is C=C(CS)CN1C(=O)c2ccccc2C1=O. The van der Waals surface area contributed by atoms with Crippen LogP contribution in [0.1, 0.15) is 20.7 Å². The minimum Gasteiger partial charge on any atom is -0.270 e. The number of fused-ring (bicyclic) bond motifs is 1. The summed E-state index contributed by atoms with van der Waals surface area (Å²) in [5.41, 5.74) is 1.69. The maximum absolute atomic E-state index is 11.9. The van der Waals surface area contributed by atoms with Crippen molar-refractivity contribution in [1.82, 2.24) is 4.90 Å². The molecule has 0 atom stereocenters. The van der Waals surface area contributed by atoms with Crippen LogP contribution in [0.5, 0.6) is 0 Å². The highest BCUT2D eigenvalue weighted by molar-refractivity contribution is 7.80. The molecule has 0 N–H and O–H groups in total. The molecule has 1 heterocycles. The van der Waals surface area contributed by atoms with Gasteiger partial charge in [0.2, 0.25) is 0 Å². The van der Waals surface area contributed by atoms with E-state index in [0.29, 0.717) is 16.9 Å². The van der Waals surface area contributed by atoms with Crippen LogP contribution in [0.2, 0.25) is 0 Å². The number of nitrogens with zero attached hydrogens (tertiary/aromatic N) is 1. The zero-order valence-electron chi connectivity index (χ0n) is 8.64. The highest BCUT2D eigenvalue weighted by Crippen LogP contribution is 2.22.